The van der Waals surface area contributed by atoms with Gasteiger partial charge in [0.15, 0.2) is 0 Å². The zero-order valence-electron chi connectivity index (χ0n) is 13.7. The second kappa shape index (κ2) is 8.53. The van der Waals surface area contributed by atoms with Gasteiger partial charge in [-0.2, -0.15) is 0 Å². The van der Waals surface area contributed by atoms with E-state index in [4.69, 9.17) is 9.47 Å². The maximum atomic E-state index is 12.1. The lowest BCUT2D eigenvalue weighted by molar-refractivity contribution is -0.129. The third-order valence-corrected chi connectivity index (χ3v) is 4.03. The molecule has 1 fully saturated rings. The van der Waals surface area contributed by atoms with E-state index in [1.807, 2.05) is 24.3 Å². The molecule has 0 radical (unpaired) electrons. The number of nitrogens with one attached hydrogen (secondary N) is 1. The van der Waals surface area contributed by atoms with Gasteiger partial charge in [-0.3, -0.25) is 9.59 Å². The van der Waals surface area contributed by atoms with Gasteiger partial charge in [0.2, 0.25) is 11.8 Å². The van der Waals surface area contributed by atoms with Crippen molar-refractivity contribution in [3.8, 4) is 5.75 Å². The first-order chi connectivity index (χ1) is 11.2. The molecule has 6 nitrogen and oxygen atoms in total. The Balaban J connectivity index is 1.85. The van der Waals surface area contributed by atoms with Gasteiger partial charge in [0.05, 0.1) is 19.6 Å². The van der Waals surface area contributed by atoms with Gasteiger partial charge in [-0.1, -0.05) is 18.2 Å². The van der Waals surface area contributed by atoms with Gasteiger partial charge >= 0.3 is 0 Å². The molecule has 126 valence electrons. The summed E-state index contributed by atoms with van der Waals surface area (Å²) in [6.07, 6.45) is 0.999. The lowest BCUT2D eigenvalue weighted by atomic mass is 10.1. The molecule has 1 N–H and O–H groups in total. The molecule has 2 rings (SSSR count). The number of carbonyl (C=O) groups excluding carboxylic acids is 2. The summed E-state index contributed by atoms with van der Waals surface area (Å²) in [7, 11) is 3.23. The van der Waals surface area contributed by atoms with E-state index in [-0.39, 0.29) is 24.2 Å². The normalized spacial score (nSPS) is 17.4. The van der Waals surface area contributed by atoms with Crippen LogP contribution in [-0.4, -0.2) is 57.2 Å². The number of para-hydroxylation sites is 1. The highest BCUT2D eigenvalue weighted by Crippen LogP contribution is 2.21. The van der Waals surface area contributed by atoms with E-state index in [1.165, 1.54) is 0 Å². The predicted octanol–water partition coefficient (Wildman–Crippen LogP) is 0.849. The van der Waals surface area contributed by atoms with Crippen molar-refractivity contribution in [1.82, 2.24) is 10.2 Å². The van der Waals surface area contributed by atoms with E-state index >= 15 is 0 Å². The Morgan fingerprint density at radius 3 is 2.87 bits per heavy atom. The van der Waals surface area contributed by atoms with Crippen LogP contribution in [0.4, 0.5) is 0 Å². The molecule has 1 aromatic carbocycles. The molecule has 0 aromatic heterocycles. The van der Waals surface area contributed by atoms with Crippen molar-refractivity contribution in [2.45, 2.75) is 12.8 Å². The summed E-state index contributed by atoms with van der Waals surface area (Å²) in [6, 6.07) is 7.78. The fourth-order valence-corrected chi connectivity index (χ4v) is 2.75. The van der Waals surface area contributed by atoms with Crippen LogP contribution in [0.2, 0.25) is 0 Å². The molecule has 0 saturated carbocycles. The Labute approximate surface area is 136 Å². The molecular weight excluding hydrogens is 296 g/mol. The number of rotatable bonds is 8. The van der Waals surface area contributed by atoms with E-state index in [1.54, 1.807) is 19.1 Å². The van der Waals surface area contributed by atoms with E-state index in [0.717, 1.165) is 11.3 Å². The van der Waals surface area contributed by atoms with Crippen molar-refractivity contribution >= 4 is 11.8 Å². The summed E-state index contributed by atoms with van der Waals surface area (Å²) in [6.45, 7) is 2.03. The number of likely N-dealkylation sites (tertiary alicyclic amines) is 1. The molecule has 2 amide bonds. The Bertz CT molecular complexity index is 547. The average molecular weight is 320 g/mol. The minimum absolute atomic E-state index is 0.0341. The van der Waals surface area contributed by atoms with Gasteiger partial charge in [-0.05, 0) is 18.1 Å². The fraction of sp³-hybridized carbons (Fsp3) is 0.529. The zero-order chi connectivity index (χ0) is 16.7. The van der Waals surface area contributed by atoms with Gasteiger partial charge in [0.25, 0.3) is 0 Å². The first-order valence-corrected chi connectivity index (χ1v) is 7.82. The quantitative estimate of drug-likeness (QED) is 0.721. The van der Waals surface area contributed by atoms with Crippen LogP contribution in [0.15, 0.2) is 24.3 Å². The number of hydrogen-bond acceptors (Lipinski definition) is 4. The summed E-state index contributed by atoms with van der Waals surface area (Å²) in [5.41, 5.74) is 1.07. The van der Waals surface area contributed by atoms with Crippen LogP contribution in [0.3, 0.4) is 0 Å². The molecule has 1 aliphatic heterocycles. The van der Waals surface area contributed by atoms with Crippen LogP contribution < -0.4 is 10.1 Å². The minimum Gasteiger partial charge on any atom is -0.496 e. The SMILES string of the molecule is COCCNC(=O)C1CC(=O)N(CCc2ccccc2OC)C1. The van der Waals surface area contributed by atoms with Crippen molar-refractivity contribution in [1.29, 1.82) is 0 Å². The highest BCUT2D eigenvalue weighted by Gasteiger charge is 2.33. The number of hydrogen-bond donors (Lipinski definition) is 1. The Kier molecular flexibility index (Phi) is 6.40. The van der Waals surface area contributed by atoms with Crippen molar-refractivity contribution in [2.24, 2.45) is 5.92 Å². The summed E-state index contributed by atoms with van der Waals surface area (Å²) < 4.78 is 10.2. The van der Waals surface area contributed by atoms with Gasteiger partial charge in [0.1, 0.15) is 5.75 Å². The van der Waals surface area contributed by atoms with Gasteiger partial charge < -0.3 is 19.7 Å². The largest absolute Gasteiger partial charge is 0.496 e. The maximum Gasteiger partial charge on any atom is 0.225 e. The van der Waals surface area contributed by atoms with E-state index in [9.17, 15) is 9.59 Å². The summed E-state index contributed by atoms with van der Waals surface area (Å²) in [5.74, 6) is 0.520. The van der Waals surface area contributed by atoms with Gasteiger partial charge in [-0.25, -0.2) is 0 Å². The number of carbonyl (C=O) groups is 2. The fourth-order valence-electron chi connectivity index (χ4n) is 2.75. The predicted molar refractivity (Wildman–Crippen MR) is 86.3 cm³/mol. The van der Waals surface area contributed by atoms with E-state index < -0.39 is 0 Å². The molecule has 1 atom stereocenters. The maximum absolute atomic E-state index is 12.1. The molecule has 23 heavy (non-hydrogen) atoms. The Morgan fingerprint density at radius 2 is 2.13 bits per heavy atom. The topological polar surface area (TPSA) is 67.9 Å². The molecule has 1 aromatic rings. The van der Waals surface area contributed by atoms with Crippen LogP contribution in [0.1, 0.15) is 12.0 Å². The second-order valence-corrected chi connectivity index (χ2v) is 5.59. The lowest BCUT2D eigenvalue weighted by Gasteiger charge is -2.17. The third kappa shape index (κ3) is 4.69. The smallest absolute Gasteiger partial charge is 0.225 e. The summed E-state index contributed by atoms with van der Waals surface area (Å²) in [5, 5.41) is 2.80. The van der Waals surface area contributed by atoms with Crippen molar-refractivity contribution in [3.63, 3.8) is 0 Å². The first kappa shape index (κ1) is 17.3. The number of ether oxygens (including phenoxy) is 2. The highest BCUT2D eigenvalue weighted by molar-refractivity contribution is 5.89. The number of amides is 2. The molecule has 6 heteroatoms. The Morgan fingerprint density at radius 1 is 1.35 bits per heavy atom. The lowest BCUT2D eigenvalue weighted by Crippen LogP contribution is -2.35. The standard InChI is InChI=1S/C17H24N2O4/c1-22-10-8-18-17(21)14-11-16(20)19(12-14)9-7-13-5-3-4-6-15(13)23-2/h3-6,14H,7-12H2,1-2H3,(H,18,21). The van der Waals surface area contributed by atoms with Crippen LogP contribution in [-0.2, 0) is 20.7 Å². The zero-order valence-corrected chi connectivity index (χ0v) is 13.7. The number of benzene rings is 1. The van der Waals surface area contributed by atoms with Crippen molar-refractivity contribution in [2.75, 3.05) is 40.5 Å². The van der Waals surface area contributed by atoms with E-state index in [0.29, 0.717) is 32.7 Å². The highest BCUT2D eigenvalue weighted by atomic mass is 16.5. The van der Waals surface area contributed by atoms with Crippen molar-refractivity contribution < 1.29 is 19.1 Å². The third-order valence-electron chi connectivity index (χ3n) is 4.03. The van der Waals surface area contributed by atoms with Crippen LogP contribution in [0.5, 0.6) is 5.75 Å². The molecule has 1 aliphatic rings. The molecule has 0 spiro atoms. The van der Waals surface area contributed by atoms with Crippen LogP contribution in [0.25, 0.3) is 0 Å². The minimum atomic E-state index is -0.267. The van der Waals surface area contributed by atoms with E-state index in [2.05, 4.69) is 5.32 Å². The number of nitrogens with zero attached hydrogens (tertiary/aromatic N) is 1. The molecule has 0 aliphatic carbocycles. The van der Waals surface area contributed by atoms with Gasteiger partial charge in [-0.15, -0.1) is 0 Å². The van der Waals surface area contributed by atoms with Crippen LogP contribution in [0, 0.1) is 5.92 Å². The number of methoxy groups -OCH3 is 2. The monoisotopic (exact) mass is 320 g/mol. The van der Waals surface area contributed by atoms with Crippen LogP contribution >= 0.6 is 0 Å². The molecule has 0 bridgehead atoms. The van der Waals surface area contributed by atoms with Crippen molar-refractivity contribution in [3.05, 3.63) is 29.8 Å². The van der Waals surface area contributed by atoms with Gasteiger partial charge in [0, 0.05) is 33.2 Å². The molecular formula is C17H24N2O4. The molecule has 1 unspecified atom stereocenters. The summed E-state index contributed by atoms with van der Waals surface area (Å²) in [4.78, 5) is 25.9. The first-order valence-electron chi connectivity index (χ1n) is 7.82. The Hall–Kier alpha value is -2.08. The molecule has 1 saturated heterocycles. The average Bonchev–Trinajstić information content (AvgIpc) is 2.94. The summed E-state index contributed by atoms with van der Waals surface area (Å²) >= 11 is 0. The second-order valence-electron chi connectivity index (χ2n) is 5.59. The molecule has 1 heterocycles.